The fourth-order valence-corrected chi connectivity index (χ4v) is 5.77. The molecule has 26 heavy (non-hydrogen) atoms. The van der Waals surface area contributed by atoms with E-state index in [1.807, 2.05) is 6.07 Å². The zero-order chi connectivity index (χ0) is 17.7. The molecule has 0 radical (unpaired) electrons. The lowest BCUT2D eigenvalue weighted by Gasteiger charge is -2.28. The average Bonchev–Trinajstić information content (AvgIpc) is 3.08. The second kappa shape index (κ2) is 5.99. The zero-order valence-corrected chi connectivity index (χ0v) is 15.2. The largest absolute Gasteiger partial charge is 0.380 e. The van der Waals surface area contributed by atoms with Gasteiger partial charge in [-0.25, -0.2) is 0 Å². The zero-order valence-electron chi connectivity index (χ0n) is 14.4. The van der Waals surface area contributed by atoms with Crippen LogP contribution in [0.1, 0.15) is 50.7 Å². The number of hydrogen-bond donors (Lipinski definition) is 2. The van der Waals surface area contributed by atoms with Gasteiger partial charge in [-0.3, -0.25) is 4.79 Å². The van der Waals surface area contributed by atoms with E-state index in [1.165, 1.54) is 27.1 Å². The quantitative estimate of drug-likeness (QED) is 0.682. The predicted octanol–water partition coefficient (Wildman–Crippen LogP) is 4.91. The molecule has 3 N–H and O–H groups in total. The van der Waals surface area contributed by atoms with Gasteiger partial charge in [-0.05, 0) is 47.6 Å². The van der Waals surface area contributed by atoms with Crippen molar-refractivity contribution in [2.24, 2.45) is 5.73 Å². The lowest BCUT2D eigenvalue weighted by atomic mass is 9.77. The van der Waals surface area contributed by atoms with E-state index >= 15 is 0 Å². The number of rotatable bonds is 2. The SMILES string of the molecule is NC(=O)c1sc2c(c1C1CCCc3ccccc31)CNc1ccccc1-2. The molecule has 0 saturated heterocycles. The van der Waals surface area contributed by atoms with E-state index in [2.05, 4.69) is 47.8 Å². The third-order valence-corrected chi connectivity index (χ3v) is 6.91. The Hall–Kier alpha value is -2.59. The van der Waals surface area contributed by atoms with Crippen molar-refractivity contribution in [3.8, 4) is 10.4 Å². The van der Waals surface area contributed by atoms with Gasteiger partial charge >= 0.3 is 0 Å². The van der Waals surface area contributed by atoms with Crippen LogP contribution in [0.5, 0.6) is 0 Å². The number of carbonyl (C=O) groups excluding carboxylic acids is 1. The molecule has 2 aliphatic rings. The fourth-order valence-electron chi connectivity index (χ4n) is 4.50. The molecule has 1 atom stereocenters. The molecule has 4 heteroatoms. The van der Waals surface area contributed by atoms with Crippen LogP contribution < -0.4 is 11.1 Å². The third kappa shape index (κ3) is 2.29. The minimum atomic E-state index is -0.306. The van der Waals surface area contributed by atoms with E-state index in [1.54, 1.807) is 11.3 Å². The molecule has 5 rings (SSSR count). The lowest BCUT2D eigenvalue weighted by Crippen LogP contribution is -2.19. The van der Waals surface area contributed by atoms with Gasteiger partial charge < -0.3 is 11.1 Å². The molecule has 2 aromatic carbocycles. The Bertz CT molecular complexity index is 1020. The summed E-state index contributed by atoms with van der Waals surface area (Å²) >= 11 is 1.57. The highest BCUT2D eigenvalue weighted by Gasteiger charge is 2.33. The van der Waals surface area contributed by atoms with Gasteiger partial charge in [-0.2, -0.15) is 0 Å². The Balaban J connectivity index is 1.74. The molecule has 130 valence electrons. The van der Waals surface area contributed by atoms with E-state index in [4.69, 9.17) is 5.73 Å². The number of thiophene rings is 1. The summed E-state index contributed by atoms with van der Waals surface area (Å²) in [4.78, 5) is 14.3. The van der Waals surface area contributed by atoms with Gasteiger partial charge in [0.2, 0.25) is 0 Å². The Morgan fingerprint density at radius 2 is 1.92 bits per heavy atom. The van der Waals surface area contributed by atoms with Crippen molar-refractivity contribution in [3.63, 3.8) is 0 Å². The smallest absolute Gasteiger partial charge is 0.259 e. The molecule has 1 amide bonds. The first-order valence-corrected chi connectivity index (χ1v) is 9.92. The standard InChI is InChI=1S/C22H20N2OS/c23-22(25)21-19(15-10-5-7-13-6-1-2-8-14(13)15)17-12-24-18-11-4-3-9-16(18)20(17)26-21/h1-4,6,8-9,11,15,24H,5,7,10,12H2,(H2,23,25). The number of hydrogen-bond acceptors (Lipinski definition) is 3. The van der Waals surface area contributed by atoms with Crippen LogP contribution in [0.2, 0.25) is 0 Å². The number of aryl methyl sites for hydroxylation is 1. The Kier molecular flexibility index (Phi) is 3.61. The van der Waals surface area contributed by atoms with Crippen LogP contribution in [0.4, 0.5) is 5.69 Å². The van der Waals surface area contributed by atoms with Crippen LogP contribution in [-0.2, 0) is 13.0 Å². The van der Waals surface area contributed by atoms with E-state index in [0.717, 1.165) is 41.9 Å². The molecule has 1 aromatic heterocycles. The molecule has 2 heterocycles. The number of nitrogens with two attached hydrogens (primary N) is 1. The van der Waals surface area contributed by atoms with E-state index < -0.39 is 0 Å². The highest BCUT2D eigenvalue weighted by Crippen LogP contribution is 2.49. The highest BCUT2D eigenvalue weighted by atomic mass is 32.1. The summed E-state index contributed by atoms with van der Waals surface area (Å²) in [5.41, 5.74) is 13.3. The Morgan fingerprint density at radius 1 is 1.12 bits per heavy atom. The number of primary amides is 1. The minimum absolute atomic E-state index is 0.259. The molecule has 3 aromatic rings. The molecular weight excluding hydrogens is 340 g/mol. The van der Waals surface area contributed by atoms with E-state index in [9.17, 15) is 4.79 Å². The molecule has 0 fully saturated rings. The number of anilines is 1. The first-order chi connectivity index (χ1) is 12.7. The van der Waals surface area contributed by atoms with E-state index in [-0.39, 0.29) is 11.8 Å². The predicted molar refractivity (Wildman–Crippen MR) is 107 cm³/mol. The summed E-state index contributed by atoms with van der Waals surface area (Å²) in [5.74, 6) is -0.0468. The van der Waals surface area contributed by atoms with Gasteiger partial charge in [0.15, 0.2) is 0 Å². The van der Waals surface area contributed by atoms with Gasteiger partial charge in [0, 0.05) is 28.6 Å². The molecule has 0 saturated carbocycles. The monoisotopic (exact) mass is 360 g/mol. The van der Waals surface area contributed by atoms with Crippen LogP contribution in [0.15, 0.2) is 48.5 Å². The van der Waals surface area contributed by atoms with Crippen molar-refractivity contribution in [3.05, 3.63) is 75.7 Å². The second-order valence-corrected chi connectivity index (χ2v) is 8.08. The lowest BCUT2D eigenvalue weighted by molar-refractivity contribution is 0.100. The van der Waals surface area contributed by atoms with Crippen molar-refractivity contribution < 1.29 is 4.79 Å². The number of fused-ring (bicyclic) bond motifs is 4. The van der Waals surface area contributed by atoms with Crippen LogP contribution in [-0.4, -0.2) is 5.91 Å². The normalized spacial score (nSPS) is 17.6. The van der Waals surface area contributed by atoms with Crippen molar-refractivity contribution >= 4 is 22.9 Å². The van der Waals surface area contributed by atoms with Gasteiger partial charge in [-0.15, -0.1) is 11.3 Å². The summed E-state index contributed by atoms with van der Waals surface area (Å²) in [6, 6.07) is 17.0. The molecule has 1 unspecified atom stereocenters. The maximum atomic E-state index is 12.3. The minimum Gasteiger partial charge on any atom is -0.380 e. The third-order valence-electron chi connectivity index (χ3n) is 5.62. The van der Waals surface area contributed by atoms with Crippen molar-refractivity contribution in [2.45, 2.75) is 31.7 Å². The summed E-state index contributed by atoms with van der Waals surface area (Å²) in [6.07, 6.45) is 3.34. The summed E-state index contributed by atoms with van der Waals surface area (Å²) < 4.78 is 0. The van der Waals surface area contributed by atoms with Crippen molar-refractivity contribution in [2.75, 3.05) is 5.32 Å². The van der Waals surface area contributed by atoms with Crippen molar-refractivity contribution in [1.82, 2.24) is 0 Å². The maximum absolute atomic E-state index is 12.3. The maximum Gasteiger partial charge on any atom is 0.259 e. The summed E-state index contributed by atoms with van der Waals surface area (Å²) in [7, 11) is 0. The molecule has 0 bridgehead atoms. The van der Waals surface area contributed by atoms with Gasteiger partial charge in [0.05, 0.1) is 4.88 Å². The number of para-hydroxylation sites is 1. The summed E-state index contributed by atoms with van der Waals surface area (Å²) in [6.45, 7) is 0.754. The number of amides is 1. The van der Waals surface area contributed by atoms with Crippen LogP contribution >= 0.6 is 11.3 Å². The summed E-state index contributed by atoms with van der Waals surface area (Å²) in [5, 5.41) is 3.53. The van der Waals surface area contributed by atoms with Crippen molar-refractivity contribution in [1.29, 1.82) is 0 Å². The van der Waals surface area contributed by atoms with Crippen LogP contribution in [0.3, 0.4) is 0 Å². The first kappa shape index (κ1) is 15.6. The fraction of sp³-hybridized carbons (Fsp3) is 0.227. The molecular formula is C22H20N2OS. The molecule has 1 aliphatic carbocycles. The average molecular weight is 360 g/mol. The van der Waals surface area contributed by atoms with Crippen LogP contribution in [0.25, 0.3) is 10.4 Å². The topological polar surface area (TPSA) is 55.1 Å². The Labute approximate surface area is 156 Å². The Morgan fingerprint density at radius 3 is 2.81 bits per heavy atom. The number of carbonyl (C=O) groups is 1. The second-order valence-electron chi connectivity index (χ2n) is 7.06. The van der Waals surface area contributed by atoms with Gasteiger partial charge in [0.25, 0.3) is 5.91 Å². The van der Waals surface area contributed by atoms with Gasteiger partial charge in [-0.1, -0.05) is 42.5 Å². The van der Waals surface area contributed by atoms with E-state index in [0.29, 0.717) is 0 Å². The first-order valence-electron chi connectivity index (χ1n) is 9.10. The van der Waals surface area contributed by atoms with Gasteiger partial charge in [0.1, 0.15) is 0 Å². The number of nitrogens with one attached hydrogen (secondary N) is 1. The highest BCUT2D eigenvalue weighted by molar-refractivity contribution is 7.18. The van der Waals surface area contributed by atoms with Crippen LogP contribution in [0, 0.1) is 0 Å². The molecule has 3 nitrogen and oxygen atoms in total. The molecule has 1 aliphatic heterocycles. The molecule has 0 spiro atoms. The number of benzene rings is 2.